The van der Waals surface area contributed by atoms with Crippen molar-refractivity contribution in [1.29, 1.82) is 0 Å². The largest absolute Gasteiger partial charge is 0.546 e. The third-order valence-corrected chi connectivity index (χ3v) is 4.85. The van der Waals surface area contributed by atoms with Crippen LogP contribution in [-0.2, 0) is 10.4 Å². The van der Waals surface area contributed by atoms with Gasteiger partial charge in [0.2, 0.25) is 0 Å². The Morgan fingerprint density at radius 1 is 0.963 bits per heavy atom. The third-order valence-electron chi connectivity index (χ3n) is 4.85. The van der Waals surface area contributed by atoms with E-state index in [1.54, 1.807) is 60.7 Å². The lowest BCUT2D eigenvalue weighted by Crippen LogP contribution is -2.46. The van der Waals surface area contributed by atoms with Gasteiger partial charge < -0.3 is 24.6 Å². The van der Waals surface area contributed by atoms with Gasteiger partial charge in [0.05, 0.1) is 32.7 Å². The fourth-order valence-corrected chi connectivity index (χ4v) is 2.54. The number of aliphatic hydroxyl groups excluding tert-OH is 1. The molecule has 6 heteroatoms. The van der Waals surface area contributed by atoms with Crippen molar-refractivity contribution in [3.63, 3.8) is 0 Å². The SMILES string of the molecule is CC[N+](C)(CC)CCO.Cl.O=C([O-])C(O)(c1ccccc1)c1ccccc1. The Morgan fingerprint density at radius 3 is 1.56 bits per heavy atom. The molecule has 0 saturated carbocycles. The molecule has 2 N–H and O–H groups in total. The second-order valence-corrected chi connectivity index (χ2v) is 6.43. The second-order valence-electron chi connectivity index (χ2n) is 6.43. The van der Waals surface area contributed by atoms with Crippen LogP contribution in [0.2, 0.25) is 0 Å². The summed E-state index contributed by atoms with van der Waals surface area (Å²) < 4.78 is 0.983. The lowest BCUT2D eigenvalue weighted by Gasteiger charge is -2.31. The van der Waals surface area contributed by atoms with Crippen molar-refractivity contribution in [3.8, 4) is 0 Å². The van der Waals surface area contributed by atoms with Crippen LogP contribution in [0.3, 0.4) is 0 Å². The molecule has 0 spiro atoms. The molecule has 0 aliphatic carbocycles. The summed E-state index contributed by atoms with van der Waals surface area (Å²) in [5.41, 5.74) is -1.54. The summed E-state index contributed by atoms with van der Waals surface area (Å²) in [5.74, 6) is -1.53. The van der Waals surface area contributed by atoms with Gasteiger partial charge in [0.1, 0.15) is 6.54 Å². The molecule has 0 aliphatic heterocycles. The number of benzene rings is 2. The standard InChI is InChI=1S/C14H12O3.C7H18NO.ClH/c15-13(16)14(17,11-7-3-1-4-8-11)12-9-5-2-6-10-12;1-4-8(3,5-2)6-7-9;/h1-10,17H,(H,15,16);9H,4-7H2,1-3H3;1H/q;+1;/p-1. The molecule has 0 aliphatic rings. The molecule has 0 radical (unpaired) electrons. The van der Waals surface area contributed by atoms with E-state index in [2.05, 4.69) is 20.9 Å². The van der Waals surface area contributed by atoms with Gasteiger partial charge in [-0.15, -0.1) is 12.4 Å². The highest BCUT2D eigenvalue weighted by Crippen LogP contribution is 2.28. The summed E-state index contributed by atoms with van der Waals surface area (Å²) in [7, 11) is 2.16. The number of carboxylic acid groups (broad SMARTS) is 1. The zero-order chi connectivity index (χ0) is 19.6. The Balaban J connectivity index is 0.000000584. The smallest absolute Gasteiger partial charge is 0.154 e. The Morgan fingerprint density at radius 2 is 1.33 bits per heavy atom. The molecule has 2 aromatic carbocycles. The van der Waals surface area contributed by atoms with Crippen molar-refractivity contribution in [1.82, 2.24) is 0 Å². The van der Waals surface area contributed by atoms with E-state index in [-0.39, 0.29) is 23.5 Å². The average molecular weight is 396 g/mol. The Hall–Kier alpha value is -1.92. The maximum absolute atomic E-state index is 11.3. The summed E-state index contributed by atoms with van der Waals surface area (Å²) in [5, 5.41) is 30.3. The fourth-order valence-electron chi connectivity index (χ4n) is 2.54. The van der Waals surface area contributed by atoms with E-state index in [1.165, 1.54) is 0 Å². The molecule has 0 amide bonds. The first-order valence-electron chi connectivity index (χ1n) is 8.83. The summed E-state index contributed by atoms with van der Waals surface area (Å²) in [4.78, 5) is 11.3. The monoisotopic (exact) mass is 395 g/mol. The van der Waals surface area contributed by atoms with Crippen LogP contribution >= 0.6 is 12.4 Å². The average Bonchev–Trinajstić information content (AvgIpc) is 2.69. The summed E-state index contributed by atoms with van der Waals surface area (Å²) in [6.07, 6.45) is 0. The van der Waals surface area contributed by atoms with Gasteiger partial charge in [0.25, 0.3) is 0 Å². The fraction of sp³-hybridized carbons (Fsp3) is 0.381. The van der Waals surface area contributed by atoms with Gasteiger partial charge in [0.15, 0.2) is 5.60 Å². The quantitative estimate of drug-likeness (QED) is 0.697. The number of hydrogen-bond acceptors (Lipinski definition) is 4. The Kier molecular flexibility index (Phi) is 10.9. The summed E-state index contributed by atoms with van der Waals surface area (Å²) >= 11 is 0. The molecule has 0 unspecified atom stereocenters. The van der Waals surface area contributed by atoms with Crippen LogP contribution in [0, 0.1) is 0 Å². The van der Waals surface area contributed by atoms with Crippen LogP contribution in [0.1, 0.15) is 25.0 Å². The van der Waals surface area contributed by atoms with E-state index in [4.69, 9.17) is 5.11 Å². The molecule has 0 heterocycles. The van der Waals surface area contributed by atoms with Gasteiger partial charge in [-0.3, -0.25) is 0 Å². The van der Waals surface area contributed by atoms with Crippen LogP contribution in [0.4, 0.5) is 0 Å². The highest BCUT2D eigenvalue weighted by atomic mass is 35.5. The Bertz CT molecular complexity index is 621. The van der Waals surface area contributed by atoms with Crippen LogP contribution in [0.15, 0.2) is 60.7 Å². The lowest BCUT2D eigenvalue weighted by atomic mass is 9.86. The van der Waals surface area contributed by atoms with E-state index >= 15 is 0 Å². The van der Waals surface area contributed by atoms with Gasteiger partial charge in [-0.1, -0.05) is 60.7 Å². The molecule has 2 rings (SSSR count). The maximum Gasteiger partial charge on any atom is 0.154 e. The molecule has 27 heavy (non-hydrogen) atoms. The number of carboxylic acids is 1. The Labute approximate surface area is 167 Å². The molecule has 0 aromatic heterocycles. The third kappa shape index (κ3) is 6.63. The van der Waals surface area contributed by atoms with Crippen LogP contribution < -0.4 is 5.11 Å². The molecule has 2 aromatic rings. The van der Waals surface area contributed by atoms with Crippen molar-refractivity contribution in [2.24, 2.45) is 0 Å². The number of aliphatic carboxylic acids is 1. The molecule has 0 saturated heterocycles. The first kappa shape index (κ1) is 25.1. The topological polar surface area (TPSA) is 80.6 Å². The van der Waals surface area contributed by atoms with Gasteiger partial charge in [0, 0.05) is 0 Å². The highest BCUT2D eigenvalue weighted by Gasteiger charge is 2.32. The molecule has 0 bridgehead atoms. The molecule has 150 valence electrons. The number of likely N-dealkylation sites (N-methyl/N-ethyl adjacent to an activating group) is 1. The minimum atomic E-state index is -2.11. The molecule has 5 nitrogen and oxygen atoms in total. The number of quaternary nitrogens is 1. The zero-order valence-electron chi connectivity index (χ0n) is 16.2. The first-order valence-corrected chi connectivity index (χ1v) is 8.83. The summed E-state index contributed by atoms with van der Waals surface area (Å²) in [6.45, 7) is 7.71. The number of rotatable bonds is 7. The number of hydrogen-bond donors (Lipinski definition) is 2. The minimum Gasteiger partial charge on any atom is -0.546 e. The van der Waals surface area contributed by atoms with Crippen LogP contribution in [-0.4, -0.2) is 54.0 Å². The number of carbonyl (C=O) groups excluding carboxylic acids is 1. The predicted molar refractivity (Wildman–Crippen MR) is 107 cm³/mol. The first-order chi connectivity index (χ1) is 12.3. The van der Waals surface area contributed by atoms with Gasteiger partial charge in [-0.05, 0) is 25.0 Å². The van der Waals surface area contributed by atoms with Crippen LogP contribution in [0.5, 0.6) is 0 Å². The number of halogens is 1. The van der Waals surface area contributed by atoms with Crippen molar-refractivity contribution in [2.45, 2.75) is 19.4 Å². The van der Waals surface area contributed by atoms with E-state index in [1.807, 2.05) is 0 Å². The highest BCUT2D eigenvalue weighted by molar-refractivity contribution is 5.85. The molecular formula is C21H30ClNO4. The maximum atomic E-state index is 11.3. The molecular weight excluding hydrogens is 366 g/mol. The van der Waals surface area contributed by atoms with Gasteiger partial charge in [-0.25, -0.2) is 0 Å². The van der Waals surface area contributed by atoms with E-state index in [0.29, 0.717) is 6.61 Å². The zero-order valence-corrected chi connectivity index (χ0v) is 17.0. The van der Waals surface area contributed by atoms with E-state index < -0.39 is 11.6 Å². The number of aliphatic hydroxyl groups is 2. The normalized spacial score (nSPS) is 11.0. The van der Waals surface area contributed by atoms with Crippen molar-refractivity contribution in [3.05, 3.63) is 71.8 Å². The van der Waals surface area contributed by atoms with Crippen molar-refractivity contribution < 1.29 is 24.6 Å². The number of nitrogens with zero attached hydrogens (tertiary/aromatic N) is 1. The molecule has 0 fully saturated rings. The molecule has 0 atom stereocenters. The van der Waals surface area contributed by atoms with Gasteiger partial charge >= 0.3 is 0 Å². The second kappa shape index (κ2) is 11.7. The van der Waals surface area contributed by atoms with Crippen molar-refractivity contribution >= 4 is 18.4 Å². The van der Waals surface area contributed by atoms with Crippen LogP contribution in [0.25, 0.3) is 0 Å². The van der Waals surface area contributed by atoms with E-state index in [9.17, 15) is 15.0 Å². The van der Waals surface area contributed by atoms with Crippen molar-refractivity contribution in [2.75, 3.05) is 33.3 Å². The summed E-state index contributed by atoms with van der Waals surface area (Å²) in [6, 6.07) is 16.4. The van der Waals surface area contributed by atoms with E-state index in [0.717, 1.165) is 24.1 Å². The minimum absolute atomic E-state index is 0. The van der Waals surface area contributed by atoms with Gasteiger partial charge in [-0.2, -0.15) is 0 Å². The predicted octanol–water partition coefficient (Wildman–Crippen LogP) is 1.56. The number of carbonyl (C=O) groups is 1. The lowest BCUT2D eigenvalue weighted by molar-refractivity contribution is -0.906.